The molecule has 0 aromatic heterocycles. The van der Waals surface area contributed by atoms with Crippen LogP contribution in [0.1, 0.15) is 0 Å². The summed E-state index contributed by atoms with van der Waals surface area (Å²) >= 11 is -3.77. The first-order valence-electron chi connectivity index (χ1n) is 4.86. The summed E-state index contributed by atoms with van der Waals surface area (Å²) in [4.78, 5) is 0. The second-order valence-corrected chi connectivity index (χ2v) is 13.9. The van der Waals surface area contributed by atoms with Gasteiger partial charge in [-0.1, -0.05) is 0 Å². The van der Waals surface area contributed by atoms with Crippen molar-refractivity contribution in [2.45, 2.75) is 0 Å². The average molecular weight is 347 g/mol. The van der Waals surface area contributed by atoms with Crippen LogP contribution in [0.4, 0.5) is 0 Å². The predicted octanol–water partition coefficient (Wildman–Crippen LogP) is 2.23. The van der Waals surface area contributed by atoms with Gasteiger partial charge in [0.25, 0.3) is 0 Å². The Morgan fingerprint density at radius 2 is 0.765 bits per heavy atom. The van der Waals surface area contributed by atoms with Gasteiger partial charge in [0.05, 0.1) is 0 Å². The summed E-state index contributed by atoms with van der Waals surface area (Å²) in [5.74, 6) is 0. The fourth-order valence-electron chi connectivity index (χ4n) is 1.55. The van der Waals surface area contributed by atoms with Crippen molar-refractivity contribution in [3.8, 4) is 0 Å². The Morgan fingerprint density at radius 3 is 0.882 bits per heavy atom. The molecule has 0 aromatic rings. The Morgan fingerprint density at radius 1 is 0.588 bits per heavy atom. The van der Waals surface area contributed by atoms with Crippen molar-refractivity contribution >= 4 is 18.4 Å². The maximum absolute atomic E-state index is 5.26. The monoisotopic (exact) mass is 348 g/mol. The van der Waals surface area contributed by atoms with Gasteiger partial charge in [-0.25, -0.2) is 0 Å². The fourth-order valence-corrected chi connectivity index (χ4v) is 10.4. The summed E-state index contributed by atoms with van der Waals surface area (Å²) in [6.45, 7) is 15.6. The summed E-state index contributed by atoms with van der Waals surface area (Å²) in [6, 6.07) is 0. The minimum atomic E-state index is -3.77. The van der Waals surface area contributed by atoms with E-state index in [4.69, 9.17) is 18.9 Å². The van der Waals surface area contributed by atoms with Gasteiger partial charge in [-0.2, -0.15) is 0 Å². The van der Waals surface area contributed by atoms with E-state index in [0.717, 1.165) is 0 Å². The van der Waals surface area contributed by atoms with Gasteiger partial charge < -0.3 is 0 Å². The molecule has 0 aliphatic rings. The first-order valence-corrected chi connectivity index (χ1v) is 10.6. The topological polar surface area (TPSA) is 36.9 Å². The van der Waals surface area contributed by atoms with Crippen LogP contribution in [0, 0.1) is 0 Å². The summed E-state index contributed by atoms with van der Waals surface area (Å²) in [5.41, 5.74) is 0. The minimum absolute atomic E-state index is 0.518. The van der Waals surface area contributed by atoms with E-state index in [2.05, 4.69) is 26.3 Å². The molecule has 0 aliphatic carbocycles. The predicted molar refractivity (Wildman–Crippen MR) is 70.4 cm³/mol. The van der Waals surface area contributed by atoms with Crippen molar-refractivity contribution in [2.24, 2.45) is 0 Å². The zero-order chi connectivity index (χ0) is 13.6. The van der Waals surface area contributed by atoms with Gasteiger partial charge in [0.1, 0.15) is 0 Å². The number of rotatable bonds is 8. The van der Waals surface area contributed by atoms with E-state index < -0.39 is 18.4 Å². The van der Waals surface area contributed by atoms with E-state index in [0.29, 0.717) is 15.1 Å². The molecule has 0 rings (SSSR count). The van der Waals surface area contributed by atoms with Crippen LogP contribution in [0.25, 0.3) is 0 Å². The molecule has 0 unspecified atom stereocenters. The van der Waals surface area contributed by atoms with Gasteiger partial charge in [-0.05, 0) is 0 Å². The van der Waals surface area contributed by atoms with E-state index >= 15 is 0 Å². The number of methoxy groups -OCH3 is 4. The fraction of sp³-hybridized carbons (Fsp3) is 0.333. The molecule has 0 amide bonds. The molecule has 0 saturated heterocycles. The summed E-state index contributed by atoms with van der Waals surface area (Å²) in [7, 11) is 6.12. The Balaban J connectivity index is 5.88. The molecule has 0 atom stereocenters. The van der Waals surface area contributed by atoms with Crippen LogP contribution in [0.3, 0.4) is 0 Å². The second-order valence-electron chi connectivity index (χ2n) is 3.26. The van der Waals surface area contributed by atoms with Crippen LogP contribution < -0.4 is 0 Å². The number of hydrogen-bond donors (Lipinski definition) is 0. The molecule has 0 N–H and O–H groups in total. The maximum atomic E-state index is 5.26. The Labute approximate surface area is 107 Å². The SMILES string of the molecule is C=[C](OC)[Sn]([C](=C)OC)([C](=C)OC)[C](=C)OC. The van der Waals surface area contributed by atoms with Crippen molar-refractivity contribution in [1.29, 1.82) is 0 Å². The zero-order valence-corrected chi connectivity index (χ0v) is 13.8. The van der Waals surface area contributed by atoms with E-state index in [1.54, 1.807) is 0 Å². The molecule has 17 heavy (non-hydrogen) atoms. The normalized spacial score (nSPS) is 10.1. The second kappa shape index (κ2) is 6.64. The van der Waals surface area contributed by atoms with Gasteiger partial charge in [-0.3, -0.25) is 0 Å². The van der Waals surface area contributed by atoms with Gasteiger partial charge in [-0.15, -0.1) is 0 Å². The molecule has 0 fully saturated rings. The van der Waals surface area contributed by atoms with Gasteiger partial charge in [0.15, 0.2) is 0 Å². The van der Waals surface area contributed by atoms with E-state index in [-0.39, 0.29) is 0 Å². The van der Waals surface area contributed by atoms with Crippen molar-refractivity contribution in [3.63, 3.8) is 0 Å². The summed E-state index contributed by atoms with van der Waals surface area (Å²) < 4.78 is 23.1. The van der Waals surface area contributed by atoms with Crippen LogP contribution in [0.2, 0.25) is 0 Å². The molecule has 0 aromatic carbocycles. The van der Waals surface area contributed by atoms with Crippen LogP contribution in [-0.4, -0.2) is 46.8 Å². The number of ether oxygens (including phenoxy) is 4. The van der Waals surface area contributed by atoms with Crippen LogP contribution in [0.15, 0.2) is 41.4 Å². The molecular weight excluding hydrogens is 327 g/mol. The molecule has 0 aliphatic heterocycles. The van der Waals surface area contributed by atoms with E-state index in [1.807, 2.05) is 0 Å². The van der Waals surface area contributed by atoms with Crippen molar-refractivity contribution in [1.82, 2.24) is 0 Å². The molecular formula is C12H20O4Sn. The number of hydrogen-bond acceptors (Lipinski definition) is 4. The van der Waals surface area contributed by atoms with Crippen LogP contribution >= 0.6 is 0 Å². The summed E-state index contributed by atoms with van der Waals surface area (Å²) in [5, 5.41) is 0. The van der Waals surface area contributed by atoms with Gasteiger partial charge in [0.2, 0.25) is 0 Å². The Hall–Kier alpha value is -1.04. The molecule has 0 radical (unpaired) electrons. The quantitative estimate of drug-likeness (QED) is 0.499. The Bertz CT molecular complexity index is 277. The molecule has 96 valence electrons. The third kappa shape index (κ3) is 2.62. The van der Waals surface area contributed by atoms with Crippen LogP contribution in [-0.2, 0) is 18.9 Å². The van der Waals surface area contributed by atoms with Gasteiger partial charge in [0, 0.05) is 0 Å². The van der Waals surface area contributed by atoms with E-state index in [9.17, 15) is 0 Å². The average Bonchev–Trinajstić information content (AvgIpc) is 2.37. The zero-order valence-electron chi connectivity index (χ0n) is 11.0. The first kappa shape index (κ1) is 16.0. The summed E-state index contributed by atoms with van der Waals surface area (Å²) in [6.07, 6.45) is 0. The third-order valence-corrected chi connectivity index (χ3v) is 14.5. The molecule has 5 heteroatoms. The van der Waals surface area contributed by atoms with Crippen molar-refractivity contribution < 1.29 is 18.9 Å². The Kier molecular flexibility index (Phi) is 6.23. The molecule has 0 saturated carbocycles. The van der Waals surface area contributed by atoms with Gasteiger partial charge >= 0.3 is 107 Å². The first-order chi connectivity index (χ1) is 7.93. The standard InChI is InChI=1S/4C3H5O.Sn/c4*1-3-4-2;/h4*1H2,2H3;. The third-order valence-electron chi connectivity index (χ3n) is 2.66. The molecule has 0 bridgehead atoms. The van der Waals surface area contributed by atoms with Crippen LogP contribution in [0.5, 0.6) is 0 Å². The molecule has 0 heterocycles. The van der Waals surface area contributed by atoms with Crippen molar-refractivity contribution in [2.75, 3.05) is 28.4 Å². The van der Waals surface area contributed by atoms with E-state index in [1.165, 1.54) is 28.4 Å². The van der Waals surface area contributed by atoms with Crippen molar-refractivity contribution in [3.05, 3.63) is 41.4 Å². The molecule has 0 spiro atoms. The molecule has 4 nitrogen and oxygen atoms in total.